The minimum Gasteiger partial charge on any atom is -0.367 e. The molecule has 1 fully saturated rings. The van der Waals surface area contributed by atoms with E-state index in [2.05, 4.69) is 15.0 Å². The van der Waals surface area contributed by atoms with Crippen LogP contribution in [0.5, 0.6) is 0 Å². The number of rotatable bonds is 6. The van der Waals surface area contributed by atoms with Gasteiger partial charge >= 0.3 is 0 Å². The van der Waals surface area contributed by atoms with Crippen LogP contribution in [-0.2, 0) is 22.7 Å². The minimum atomic E-state index is 0.0476. The summed E-state index contributed by atoms with van der Waals surface area (Å²) < 4.78 is 10.7. The lowest BCUT2D eigenvalue weighted by atomic mass is 10.2. The summed E-state index contributed by atoms with van der Waals surface area (Å²) in [6, 6.07) is 9.89. The van der Waals surface area contributed by atoms with Crippen LogP contribution >= 0.6 is 0 Å². The summed E-state index contributed by atoms with van der Waals surface area (Å²) in [6.07, 6.45) is 0.928. The number of hydrogen-bond acceptors (Lipinski definition) is 6. The molecule has 7 nitrogen and oxygen atoms in total. The first-order valence-corrected chi connectivity index (χ1v) is 8.62. The first-order valence-electron chi connectivity index (χ1n) is 8.62. The predicted molar refractivity (Wildman–Crippen MR) is 91.6 cm³/mol. The van der Waals surface area contributed by atoms with Crippen molar-refractivity contribution in [3.8, 4) is 0 Å². The summed E-state index contributed by atoms with van der Waals surface area (Å²) in [5.41, 5.74) is 1.08. The van der Waals surface area contributed by atoms with Crippen LogP contribution in [0.3, 0.4) is 0 Å². The van der Waals surface area contributed by atoms with Gasteiger partial charge < -0.3 is 14.2 Å². The standard InChI is InChI=1S/C18H24N4O3/c1-15-19-17(25-20-15)12-21-8-5-9-22(11-10-21)18(23)14-24-13-16-6-3-2-4-7-16/h2-4,6-7H,5,8-14H2,1H3. The first kappa shape index (κ1) is 17.6. The molecule has 2 aromatic rings. The van der Waals surface area contributed by atoms with Gasteiger partial charge in [-0.3, -0.25) is 9.69 Å². The molecule has 1 saturated heterocycles. The van der Waals surface area contributed by atoms with Crippen molar-refractivity contribution in [2.75, 3.05) is 32.8 Å². The molecule has 1 aliphatic heterocycles. The SMILES string of the molecule is Cc1noc(CN2CCCN(C(=O)COCc3ccccc3)CC2)n1. The fourth-order valence-electron chi connectivity index (χ4n) is 2.90. The number of nitrogens with zero attached hydrogens (tertiary/aromatic N) is 4. The number of benzene rings is 1. The van der Waals surface area contributed by atoms with Gasteiger partial charge in [-0.25, -0.2) is 0 Å². The zero-order chi connectivity index (χ0) is 17.5. The maximum Gasteiger partial charge on any atom is 0.248 e. The van der Waals surface area contributed by atoms with Crippen LogP contribution in [0.4, 0.5) is 0 Å². The van der Waals surface area contributed by atoms with Crippen molar-refractivity contribution >= 4 is 5.91 Å². The van der Waals surface area contributed by atoms with Crippen molar-refractivity contribution in [1.29, 1.82) is 0 Å². The van der Waals surface area contributed by atoms with E-state index in [9.17, 15) is 4.79 Å². The Labute approximate surface area is 147 Å². The van der Waals surface area contributed by atoms with Gasteiger partial charge in [0.2, 0.25) is 11.8 Å². The summed E-state index contributed by atoms with van der Waals surface area (Å²) in [5, 5.41) is 3.81. The summed E-state index contributed by atoms with van der Waals surface area (Å²) in [6.45, 7) is 6.19. The maximum absolute atomic E-state index is 12.4. The van der Waals surface area contributed by atoms with E-state index in [0.717, 1.165) is 31.6 Å². The molecular formula is C18H24N4O3. The van der Waals surface area contributed by atoms with Crippen molar-refractivity contribution in [3.05, 3.63) is 47.6 Å². The van der Waals surface area contributed by atoms with E-state index in [1.165, 1.54) is 0 Å². The maximum atomic E-state index is 12.4. The molecule has 0 aliphatic carbocycles. The van der Waals surface area contributed by atoms with Gasteiger partial charge in [-0.2, -0.15) is 4.98 Å². The van der Waals surface area contributed by atoms with E-state index >= 15 is 0 Å². The molecule has 0 spiro atoms. The van der Waals surface area contributed by atoms with Gasteiger partial charge in [-0.05, 0) is 18.9 Å². The molecule has 25 heavy (non-hydrogen) atoms. The predicted octanol–water partition coefficient (Wildman–Crippen LogP) is 1.63. The number of amides is 1. The molecule has 0 unspecified atom stereocenters. The highest BCUT2D eigenvalue weighted by Gasteiger charge is 2.20. The number of aryl methyl sites for hydroxylation is 1. The smallest absolute Gasteiger partial charge is 0.248 e. The highest BCUT2D eigenvalue weighted by Crippen LogP contribution is 2.09. The lowest BCUT2D eigenvalue weighted by Gasteiger charge is -2.21. The third-order valence-electron chi connectivity index (χ3n) is 4.21. The molecule has 0 atom stereocenters. The van der Waals surface area contributed by atoms with Crippen molar-refractivity contribution < 1.29 is 14.1 Å². The van der Waals surface area contributed by atoms with E-state index in [-0.39, 0.29) is 12.5 Å². The highest BCUT2D eigenvalue weighted by atomic mass is 16.5. The largest absolute Gasteiger partial charge is 0.367 e. The van der Waals surface area contributed by atoms with Crippen molar-refractivity contribution in [3.63, 3.8) is 0 Å². The summed E-state index contributed by atoms with van der Waals surface area (Å²) in [4.78, 5) is 20.7. The van der Waals surface area contributed by atoms with E-state index < -0.39 is 0 Å². The molecule has 3 rings (SSSR count). The van der Waals surface area contributed by atoms with E-state index in [1.54, 1.807) is 0 Å². The van der Waals surface area contributed by atoms with Crippen molar-refractivity contribution in [2.45, 2.75) is 26.5 Å². The third-order valence-corrected chi connectivity index (χ3v) is 4.21. The van der Waals surface area contributed by atoms with Crippen LogP contribution in [-0.4, -0.2) is 58.6 Å². The van der Waals surface area contributed by atoms with Gasteiger partial charge in [0.15, 0.2) is 5.82 Å². The van der Waals surface area contributed by atoms with Gasteiger partial charge in [0, 0.05) is 26.2 Å². The molecule has 0 radical (unpaired) electrons. The Morgan fingerprint density at radius 1 is 1.20 bits per heavy atom. The second kappa shape index (κ2) is 8.73. The Morgan fingerprint density at radius 2 is 2.04 bits per heavy atom. The molecule has 1 amide bonds. The van der Waals surface area contributed by atoms with Gasteiger partial charge in [-0.15, -0.1) is 0 Å². The zero-order valence-electron chi connectivity index (χ0n) is 14.6. The Bertz CT molecular complexity index is 674. The summed E-state index contributed by atoms with van der Waals surface area (Å²) in [7, 11) is 0. The Hall–Kier alpha value is -2.25. The summed E-state index contributed by atoms with van der Waals surface area (Å²) in [5.74, 6) is 1.33. The van der Waals surface area contributed by atoms with Gasteiger partial charge in [0.25, 0.3) is 0 Å². The number of carbonyl (C=O) groups excluding carboxylic acids is 1. The monoisotopic (exact) mass is 344 g/mol. The average molecular weight is 344 g/mol. The van der Waals surface area contributed by atoms with Crippen LogP contribution in [0.25, 0.3) is 0 Å². The van der Waals surface area contributed by atoms with Crippen LogP contribution in [0.2, 0.25) is 0 Å². The Morgan fingerprint density at radius 3 is 2.80 bits per heavy atom. The fourth-order valence-corrected chi connectivity index (χ4v) is 2.90. The molecule has 7 heteroatoms. The van der Waals surface area contributed by atoms with E-state index in [1.807, 2.05) is 42.2 Å². The lowest BCUT2D eigenvalue weighted by molar-refractivity contribution is -0.136. The van der Waals surface area contributed by atoms with Gasteiger partial charge in [0.05, 0.1) is 13.2 Å². The van der Waals surface area contributed by atoms with Gasteiger partial charge in [-0.1, -0.05) is 35.5 Å². The number of aromatic nitrogens is 2. The highest BCUT2D eigenvalue weighted by molar-refractivity contribution is 5.77. The second-order valence-corrected chi connectivity index (χ2v) is 6.22. The topological polar surface area (TPSA) is 71.7 Å². The van der Waals surface area contributed by atoms with Crippen LogP contribution in [0, 0.1) is 6.92 Å². The van der Waals surface area contributed by atoms with E-state index in [0.29, 0.717) is 31.4 Å². The van der Waals surface area contributed by atoms with Crippen LogP contribution < -0.4 is 0 Å². The number of carbonyl (C=O) groups is 1. The number of ether oxygens (including phenoxy) is 1. The molecule has 2 heterocycles. The molecule has 1 aliphatic rings. The molecule has 134 valence electrons. The summed E-state index contributed by atoms with van der Waals surface area (Å²) >= 11 is 0. The second-order valence-electron chi connectivity index (χ2n) is 6.22. The number of hydrogen-bond donors (Lipinski definition) is 0. The molecular weight excluding hydrogens is 320 g/mol. The normalized spacial score (nSPS) is 16.0. The molecule has 1 aromatic heterocycles. The van der Waals surface area contributed by atoms with Crippen molar-refractivity contribution in [2.24, 2.45) is 0 Å². The molecule has 0 bridgehead atoms. The first-order chi connectivity index (χ1) is 12.2. The average Bonchev–Trinajstić information content (AvgIpc) is 2.89. The minimum absolute atomic E-state index is 0.0476. The zero-order valence-corrected chi connectivity index (χ0v) is 14.6. The quantitative estimate of drug-likeness (QED) is 0.793. The fraction of sp³-hybridized carbons (Fsp3) is 0.500. The third kappa shape index (κ3) is 5.37. The van der Waals surface area contributed by atoms with Crippen LogP contribution in [0.15, 0.2) is 34.9 Å². The molecule has 0 saturated carbocycles. The Kier molecular flexibility index (Phi) is 6.14. The van der Waals surface area contributed by atoms with Crippen LogP contribution in [0.1, 0.15) is 23.7 Å². The van der Waals surface area contributed by atoms with Crippen molar-refractivity contribution in [1.82, 2.24) is 19.9 Å². The molecule has 0 N–H and O–H groups in total. The molecule has 1 aromatic carbocycles. The van der Waals surface area contributed by atoms with Gasteiger partial charge in [0.1, 0.15) is 6.61 Å². The Balaban J connectivity index is 1.41. The lowest BCUT2D eigenvalue weighted by Crippen LogP contribution is -2.37. The van der Waals surface area contributed by atoms with E-state index in [4.69, 9.17) is 9.26 Å².